The quantitative estimate of drug-likeness (QED) is 0.344. The predicted molar refractivity (Wildman–Crippen MR) is 123 cm³/mol. The average Bonchev–Trinajstić information content (AvgIpc) is 2.70. The van der Waals surface area contributed by atoms with Crippen molar-refractivity contribution in [3.8, 4) is 0 Å². The van der Waals surface area contributed by atoms with Crippen LogP contribution in [0.25, 0.3) is 0 Å². The summed E-state index contributed by atoms with van der Waals surface area (Å²) >= 11 is 0. The van der Waals surface area contributed by atoms with Gasteiger partial charge < -0.3 is 20.7 Å². The molecule has 0 unspecified atom stereocenters. The minimum Gasteiger partial charge on any atom is -0.444 e. The fourth-order valence-electron chi connectivity index (χ4n) is 3.34. The zero-order valence-corrected chi connectivity index (χ0v) is 19.1. The summed E-state index contributed by atoms with van der Waals surface area (Å²) in [6.07, 6.45) is 4.42. The van der Waals surface area contributed by atoms with Crippen molar-refractivity contribution >= 4 is 12.1 Å². The zero-order chi connectivity index (χ0) is 21.8. The molecule has 1 amide bonds. The molecule has 1 fully saturated rings. The number of hydrogen-bond donors (Lipinski definition) is 3. The number of likely N-dealkylation sites (tertiary alicyclic amines) is 1. The van der Waals surface area contributed by atoms with Gasteiger partial charge in [0.1, 0.15) is 5.60 Å². The van der Waals surface area contributed by atoms with Crippen LogP contribution in [0.15, 0.2) is 29.3 Å². The Morgan fingerprint density at radius 2 is 1.63 bits per heavy atom. The van der Waals surface area contributed by atoms with Crippen molar-refractivity contribution < 1.29 is 9.53 Å². The predicted octanol–water partition coefficient (Wildman–Crippen LogP) is 3.25. The van der Waals surface area contributed by atoms with Gasteiger partial charge in [-0.3, -0.25) is 9.89 Å². The average molecular weight is 418 g/mol. The van der Waals surface area contributed by atoms with Gasteiger partial charge in [-0.1, -0.05) is 30.7 Å². The van der Waals surface area contributed by atoms with Gasteiger partial charge in [-0.2, -0.15) is 0 Å². The summed E-state index contributed by atoms with van der Waals surface area (Å²) in [5.41, 5.74) is 2.13. The van der Waals surface area contributed by atoms with Crippen molar-refractivity contribution in [3.63, 3.8) is 0 Å². The van der Waals surface area contributed by atoms with Crippen LogP contribution in [0.5, 0.6) is 0 Å². The highest BCUT2D eigenvalue weighted by Crippen LogP contribution is 2.13. The smallest absolute Gasteiger partial charge is 0.407 e. The zero-order valence-electron chi connectivity index (χ0n) is 19.1. The van der Waals surface area contributed by atoms with Gasteiger partial charge in [0.15, 0.2) is 5.96 Å². The molecule has 0 saturated carbocycles. The summed E-state index contributed by atoms with van der Waals surface area (Å²) in [4.78, 5) is 18.4. The molecule has 0 aromatic heterocycles. The molecule has 168 valence electrons. The number of amides is 1. The first-order valence-corrected chi connectivity index (χ1v) is 11.1. The number of carbonyl (C=O) groups excluding carboxylic acids is 1. The molecule has 3 N–H and O–H groups in total. The van der Waals surface area contributed by atoms with Crippen molar-refractivity contribution in [1.29, 1.82) is 0 Å². The molecule has 1 aromatic carbocycles. The van der Waals surface area contributed by atoms with Gasteiger partial charge in [0, 0.05) is 33.2 Å². The van der Waals surface area contributed by atoms with Crippen molar-refractivity contribution in [2.45, 2.75) is 65.1 Å². The van der Waals surface area contributed by atoms with E-state index in [1.165, 1.54) is 43.5 Å². The summed E-state index contributed by atoms with van der Waals surface area (Å²) in [7, 11) is 1.76. The highest BCUT2D eigenvalue weighted by molar-refractivity contribution is 5.79. The molecule has 7 nitrogen and oxygen atoms in total. The maximum absolute atomic E-state index is 11.6. The maximum atomic E-state index is 11.6. The summed E-state index contributed by atoms with van der Waals surface area (Å²) in [5, 5.41) is 9.36. The van der Waals surface area contributed by atoms with E-state index in [0.29, 0.717) is 13.1 Å². The van der Waals surface area contributed by atoms with E-state index in [-0.39, 0.29) is 6.09 Å². The fraction of sp³-hybridized carbons (Fsp3) is 0.652. The number of rotatable bonds is 8. The Labute approximate surface area is 181 Å². The Bertz CT molecular complexity index is 661. The Balaban J connectivity index is 1.62. The van der Waals surface area contributed by atoms with E-state index < -0.39 is 5.60 Å². The molecule has 1 aliphatic rings. The molecule has 0 aliphatic carbocycles. The second-order valence-electron chi connectivity index (χ2n) is 8.79. The van der Waals surface area contributed by atoms with Crippen LogP contribution in [0.4, 0.5) is 4.79 Å². The molecule has 2 rings (SSSR count). The lowest BCUT2D eigenvalue weighted by molar-refractivity contribution is 0.0527. The number of ether oxygens (including phenoxy) is 1. The molecule has 0 spiro atoms. The maximum Gasteiger partial charge on any atom is 0.407 e. The Morgan fingerprint density at radius 3 is 2.27 bits per heavy atom. The Kier molecular flexibility index (Phi) is 9.94. The minimum atomic E-state index is -0.472. The van der Waals surface area contributed by atoms with Crippen molar-refractivity contribution in [1.82, 2.24) is 20.9 Å². The standard InChI is InChI=1S/C23H39N5O2/c1-23(2,3)30-22(29)26-14-8-13-25-21(24-4)27-17-19-9-11-20(12-10-19)18-28-15-6-5-7-16-28/h9-12H,5-8,13-18H2,1-4H3,(H,26,29)(H2,24,25,27). The fourth-order valence-corrected chi connectivity index (χ4v) is 3.34. The number of carbonyl (C=O) groups is 1. The number of aliphatic imine (C=N–C) groups is 1. The lowest BCUT2D eigenvalue weighted by atomic mass is 10.1. The van der Waals surface area contributed by atoms with E-state index in [4.69, 9.17) is 4.74 Å². The molecule has 0 bridgehead atoms. The third-order valence-electron chi connectivity index (χ3n) is 4.88. The van der Waals surface area contributed by atoms with Crippen molar-refractivity contribution in [3.05, 3.63) is 35.4 Å². The molecule has 0 atom stereocenters. The van der Waals surface area contributed by atoms with Crippen LogP contribution in [0.3, 0.4) is 0 Å². The van der Waals surface area contributed by atoms with Gasteiger partial charge in [-0.15, -0.1) is 0 Å². The third kappa shape index (κ3) is 9.96. The first-order valence-electron chi connectivity index (χ1n) is 11.1. The van der Waals surface area contributed by atoms with Gasteiger partial charge in [-0.25, -0.2) is 4.79 Å². The summed E-state index contributed by atoms with van der Waals surface area (Å²) < 4.78 is 5.22. The van der Waals surface area contributed by atoms with Crippen LogP contribution in [-0.4, -0.2) is 55.8 Å². The van der Waals surface area contributed by atoms with E-state index >= 15 is 0 Å². The van der Waals surface area contributed by atoms with Gasteiger partial charge in [0.2, 0.25) is 0 Å². The van der Waals surface area contributed by atoms with E-state index in [1.807, 2.05) is 20.8 Å². The topological polar surface area (TPSA) is 78.0 Å². The molecular formula is C23H39N5O2. The van der Waals surface area contributed by atoms with Gasteiger partial charge in [-0.05, 0) is 64.3 Å². The largest absolute Gasteiger partial charge is 0.444 e. The number of benzene rings is 1. The second kappa shape index (κ2) is 12.4. The number of guanidine groups is 1. The van der Waals surface area contributed by atoms with E-state index in [2.05, 4.69) is 50.1 Å². The van der Waals surface area contributed by atoms with Crippen LogP contribution >= 0.6 is 0 Å². The second-order valence-corrected chi connectivity index (χ2v) is 8.79. The molecule has 1 aromatic rings. The van der Waals surface area contributed by atoms with E-state index in [1.54, 1.807) is 7.05 Å². The van der Waals surface area contributed by atoms with Gasteiger partial charge in [0.25, 0.3) is 0 Å². The van der Waals surface area contributed by atoms with Gasteiger partial charge >= 0.3 is 6.09 Å². The molecule has 7 heteroatoms. The number of alkyl carbamates (subject to hydrolysis) is 1. The van der Waals surface area contributed by atoms with Crippen LogP contribution in [-0.2, 0) is 17.8 Å². The van der Waals surface area contributed by atoms with Crippen molar-refractivity contribution in [2.75, 3.05) is 33.2 Å². The number of nitrogens with zero attached hydrogens (tertiary/aromatic N) is 2. The lowest BCUT2D eigenvalue weighted by Gasteiger charge is -2.26. The number of piperidine rings is 1. The lowest BCUT2D eigenvalue weighted by Crippen LogP contribution is -2.39. The van der Waals surface area contributed by atoms with E-state index in [9.17, 15) is 4.79 Å². The van der Waals surface area contributed by atoms with Crippen LogP contribution in [0, 0.1) is 0 Å². The summed E-state index contributed by atoms with van der Waals surface area (Å²) in [6, 6.07) is 8.82. The summed E-state index contributed by atoms with van der Waals surface area (Å²) in [6.45, 7) is 11.0. The molecule has 1 saturated heterocycles. The number of hydrogen-bond acceptors (Lipinski definition) is 4. The molecule has 0 radical (unpaired) electrons. The SMILES string of the molecule is CN=C(NCCCNC(=O)OC(C)(C)C)NCc1ccc(CN2CCCCC2)cc1. The number of nitrogens with one attached hydrogen (secondary N) is 3. The highest BCUT2D eigenvalue weighted by Gasteiger charge is 2.15. The molecule has 1 aliphatic heterocycles. The molecule has 30 heavy (non-hydrogen) atoms. The first-order chi connectivity index (χ1) is 14.4. The Morgan fingerprint density at radius 1 is 1.00 bits per heavy atom. The van der Waals surface area contributed by atoms with Crippen LogP contribution in [0.1, 0.15) is 57.6 Å². The van der Waals surface area contributed by atoms with E-state index in [0.717, 1.165) is 25.5 Å². The van der Waals surface area contributed by atoms with Gasteiger partial charge in [0.05, 0.1) is 0 Å². The monoisotopic (exact) mass is 417 g/mol. The minimum absolute atomic E-state index is 0.381. The summed E-state index contributed by atoms with van der Waals surface area (Å²) in [5.74, 6) is 0.754. The molecule has 1 heterocycles. The molecular weight excluding hydrogens is 378 g/mol. The normalized spacial score (nSPS) is 15.5. The highest BCUT2D eigenvalue weighted by atomic mass is 16.6. The van der Waals surface area contributed by atoms with Crippen molar-refractivity contribution in [2.24, 2.45) is 4.99 Å². The van der Waals surface area contributed by atoms with Crippen LogP contribution < -0.4 is 16.0 Å². The Hall–Kier alpha value is -2.28. The van der Waals surface area contributed by atoms with Crippen LogP contribution in [0.2, 0.25) is 0 Å². The third-order valence-corrected chi connectivity index (χ3v) is 4.88. The first kappa shape index (κ1) is 24.0.